The average Bonchev–Trinajstić information content (AvgIpc) is 3.18. The summed E-state index contributed by atoms with van der Waals surface area (Å²) in [7, 11) is 1.59. The molecule has 0 radical (unpaired) electrons. The van der Waals surface area contributed by atoms with E-state index < -0.39 is 5.91 Å². The van der Waals surface area contributed by atoms with Gasteiger partial charge in [0.25, 0.3) is 11.8 Å². The minimum Gasteiger partial charge on any atom is -0.497 e. The number of methoxy groups -OCH3 is 1. The summed E-state index contributed by atoms with van der Waals surface area (Å²) < 4.78 is 10.6. The number of amides is 2. The minimum atomic E-state index is -0.483. The van der Waals surface area contributed by atoms with Crippen LogP contribution in [0, 0.1) is 0 Å². The number of thiophene rings is 1. The second-order valence-corrected chi connectivity index (χ2v) is 6.28. The molecule has 2 amide bonds. The highest BCUT2D eigenvalue weighted by atomic mass is 35.5. The summed E-state index contributed by atoms with van der Waals surface area (Å²) in [6.07, 6.45) is 0. The van der Waals surface area contributed by atoms with Gasteiger partial charge in [-0.15, -0.1) is 11.3 Å². The summed E-state index contributed by atoms with van der Waals surface area (Å²) in [5, 5.41) is 1.80. The lowest BCUT2D eigenvalue weighted by molar-refractivity contribution is -0.136. The molecule has 0 saturated heterocycles. The van der Waals surface area contributed by atoms with E-state index in [1.807, 2.05) is 11.4 Å². The van der Waals surface area contributed by atoms with E-state index in [2.05, 4.69) is 0 Å². The molecule has 0 spiro atoms. The summed E-state index contributed by atoms with van der Waals surface area (Å²) in [5.74, 6) is 0.491. The largest absolute Gasteiger partial charge is 0.497 e. The topological polar surface area (TPSA) is 55.8 Å². The first-order valence-corrected chi connectivity index (χ1v) is 8.44. The van der Waals surface area contributed by atoms with E-state index in [1.165, 1.54) is 11.3 Å². The number of ether oxygens (including phenoxy) is 2. The third-order valence-corrected chi connectivity index (χ3v) is 4.76. The van der Waals surface area contributed by atoms with E-state index in [9.17, 15) is 9.59 Å². The van der Waals surface area contributed by atoms with E-state index in [0.717, 1.165) is 10.6 Å². The number of nitrogens with zero attached hydrogens (tertiary/aromatic N) is 1. The smallest absolute Gasteiger partial charge is 0.273 e. The molecule has 24 heavy (non-hydrogen) atoms. The summed E-state index contributed by atoms with van der Waals surface area (Å²) in [6.45, 7) is 0.320. The van der Waals surface area contributed by atoms with Crippen LogP contribution in [0.25, 0.3) is 5.57 Å². The van der Waals surface area contributed by atoms with Gasteiger partial charge in [0.2, 0.25) is 0 Å². The van der Waals surface area contributed by atoms with Crippen LogP contribution < -0.4 is 9.47 Å². The number of rotatable bonds is 6. The average molecular weight is 364 g/mol. The van der Waals surface area contributed by atoms with Gasteiger partial charge < -0.3 is 9.47 Å². The Kier molecular flexibility index (Phi) is 4.87. The lowest BCUT2D eigenvalue weighted by atomic mass is 10.2. The van der Waals surface area contributed by atoms with E-state index in [1.54, 1.807) is 37.4 Å². The number of hydrogen-bond acceptors (Lipinski definition) is 5. The quantitative estimate of drug-likeness (QED) is 0.740. The lowest BCUT2D eigenvalue weighted by Gasteiger charge is -2.15. The molecule has 1 aliphatic heterocycles. The molecule has 0 atom stereocenters. The van der Waals surface area contributed by atoms with Gasteiger partial charge in [-0.1, -0.05) is 17.7 Å². The van der Waals surface area contributed by atoms with Crippen molar-refractivity contribution < 1.29 is 19.1 Å². The third kappa shape index (κ3) is 3.16. The highest BCUT2D eigenvalue weighted by Crippen LogP contribution is 2.33. The monoisotopic (exact) mass is 363 g/mol. The van der Waals surface area contributed by atoms with Crippen LogP contribution in [0.5, 0.6) is 11.5 Å². The van der Waals surface area contributed by atoms with Crippen molar-refractivity contribution in [1.29, 1.82) is 0 Å². The lowest BCUT2D eigenvalue weighted by Crippen LogP contribution is -2.35. The Labute approximate surface area is 148 Å². The molecular formula is C17H14ClNO4S. The zero-order valence-electron chi connectivity index (χ0n) is 12.8. The maximum Gasteiger partial charge on any atom is 0.273 e. The highest BCUT2D eigenvalue weighted by Gasteiger charge is 2.38. The molecule has 0 aliphatic carbocycles. The minimum absolute atomic E-state index is 0.0353. The van der Waals surface area contributed by atoms with Crippen molar-refractivity contribution in [3.63, 3.8) is 0 Å². The second-order valence-electron chi connectivity index (χ2n) is 4.95. The van der Waals surface area contributed by atoms with Gasteiger partial charge in [0.15, 0.2) is 0 Å². The van der Waals surface area contributed by atoms with Crippen molar-refractivity contribution >= 4 is 40.3 Å². The number of benzene rings is 1. The molecule has 124 valence electrons. The van der Waals surface area contributed by atoms with Gasteiger partial charge in [-0.3, -0.25) is 14.5 Å². The summed E-state index contributed by atoms with van der Waals surface area (Å²) in [6, 6.07) is 10.6. The van der Waals surface area contributed by atoms with Crippen LogP contribution in [0.2, 0.25) is 0 Å². The maximum atomic E-state index is 12.4. The summed E-state index contributed by atoms with van der Waals surface area (Å²) in [4.78, 5) is 26.4. The van der Waals surface area contributed by atoms with E-state index in [0.29, 0.717) is 10.6 Å². The van der Waals surface area contributed by atoms with E-state index >= 15 is 0 Å². The molecule has 0 saturated carbocycles. The van der Waals surface area contributed by atoms with Crippen LogP contribution >= 0.6 is 22.9 Å². The van der Waals surface area contributed by atoms with Gasteiger partial charge in [0.05, 0.1) is 19.2 Å². The third-order valence-electron chi connectivity index (χ3n) is 3.52. The molecule has 1 aromatic heterocycles. The van der Waals surface area contributed by atoms with Crippen molar-refractivity contribution in [3.8, 4) is 11.5 Å². The van der Waals surface area contributed by atoms with E-state index in [-0.39, 0.29) is 29.7 Å². The summed E-state index contributed by atoms with van der Waals surface area (Å²) >= 11 is 7.43. The first-order valence-electron chi connectivity index (χ1n) is 7.18. The highest BCUT2D eigenvalue weighted by molar-refractivity contribution is 7.11. The Bertz CT molecular complexity index is 783. The van der Waals surface area contributed by atoms with Gasteiger partial charge in [-0.05, 0) is 35.7 Å². The fraction of sp³-hybridized carbons (Fsp3) is 0.176. The van der Waals surface area contributed by atoms with Crippen molar-refractivity contribution in [1.82, 2.24) is 4.90 Å². The first-order chi connectivity index (χ1) is 11.6. The predicted molar refractivity (Wildman–Crippen MR) is 92.3 cm³/mol. The molecule has 2 heterocycles. The SMILES string of the molecule is COc1ccc(OCCN2C(=O)C(Cl)=C(c3cccs3)C2=O)cc1. The van der Waals surface area contributed by atoms with Gasteiger partial charge >= 0.3 is 0 Å². The van der Waals surface area contributed by atoms with Crippen molar-refractivity contribution in [2.45, 2.75) is 0 Å². The number of imide groups is 1. The maximum absolute atomic E-state index is 12.4. The van der Waals surface area contributed by atoms with Gasteiger partial charge in [-0.2, -0.15) is 0 Å². The van der Waals surface area contributed by atoms with Crippen LogP contribution in [0.1, 0.15) is 4.88 Å². The molecule has 2 aromatic rings. The second kappa shape index (κ2) is 7.07. The summed E-state index contributed by atoms with van der Waals surface area (Å²) in [5.41, 5.74) is 0.265. The van der Waals surface area contributed by atoms with Crippen LogP contribution in [0.3, 0.4) is 0 Å². The molecule has 0 fully saturated rings. The van der Waals surface area contributed by atoms with E-state index in [4.69, 9.17) is 21.1 Å². The molecule has 0 unspecified atom stereocenters. The zero-order chi connectivity index (χ0) is 17.1. The van der Waals surface area contributed by atoms with Crippen LogP contribution in [0.15, 0.2) is 46.8 Å². The van der Waals surface area contributed by atoms with Gasteiger partial charge in [0.1, 0.15) is 23.1 Å². The molecule has 1 aromatic carbocycles. The van der Waals surface area contributed by atoms with Crippen LogP contribution in [0.4, 0.5) is 0 Å². The Morgan fingerprint density at radius 2 is 1.79 bits per heavy atom. The van der Waals surface area contributed by atoms with Crippen LogP contribution in [-0.4, -0.2) is 37.0 Å². The molecule has 5 nitrogen and oxygen atoms in total. The molecule has 0 bridgehead atoms. The molecule has 1 aliphatic rings. The molecule has 3 rings (SSSR count). The molecule has 0 N–H and O–H groups in total. The predicted octanol–water partition coefficient (Wildman–Crippen LogP) is 3.15. The fourth-order valence-corrected chi connectivity index (χ4v) is 3.42. The van der Waals surface area contributed by atoms with Gasteiger partial charge in [0, 0.05) is 4.88 Å². The normalized spacial score (nSPS) is 14.5. The van der Waals surface area contributed by atoms with Crippen LogP contribution in [-0.2, 0) is 9.59 Å². The molecule has 7 heteroatoms. The van der Waals surface area contributed by atoms with Gasteiger partial charge in [-0.25, -0.2) is 0 Å². The Morgan fingerprint density at radius 3 is 2.42 bits per heavy atom. The first kappa shape index (κ1) is 16.5. The van der Waals surface area contributed by atoms with Crippen molar-refractivity contribution in [2.24, 2.45) is 0 Å². The number of hydrogen-bond donors (Lipinski definition) is 0. The number of carbonyl (C=O) groups excluding carboxylic acids is 2. The Hall–Kier alpha value is -2.31. The fourth-order valence-electron chi connectivity index (χ4n) is 2.31. The van der Waals surface area contributed by atoms with Crippen molar-refractivity contribution in [3.05, 3.63) is 51.7 Å². The number of halogens is 1. The number of carbonyl (C=O) groups is 2. The zero-order valence-corrected chi connectivity index (χ0v) is 14.4. The van der Waals surface area contributed by atoms with Crippen molar-refractivity contribution in [2.75, 3.05) is 20.3 Å². The Balaban J connectivity index is 1.62. The standard InChI is InChI=1S/C17H14ClNO4S/c1-22-11-4-6-12(7-5-11)23-9-8-19-16(20)14(15(18)17(19)21)13-3-2-10-24-13/h2-7,10H,8-9H2,1H3. The Morgan fingerprint density at radius 1 is 1.08 bits per heavy atom. The molecular weight excluding hydrogens is 350 g/mol.